The lowest BCUT2D eigenvalue weighted by molar-refractivity contribution is -0.137. The van der Waals surface area contributed by atoms with Crippen molar-refractivity contribution in [3.63, 3.8) is 0 Å². The highest BCUT2D eigenvalue weighted by Gasteiger charge is 2.33. The largest absolute Gasteiger partial charge is 0.343 e. The Labute approximate surface area is 164 Å². The van der Waals surface area contributed by atoms with E-state index in [1.807, 2.05) is 9.80 Å². The lowest BCUT2D eigenvalue weighted by Gasteiger charge is -2.36. The van der Waals surface area contributed by atoms with Crippen molar-refractivity contribution < 1.29 is 9.59 Å². The zero-order valence-electron chi connectivity index (χ0n) is 15.8. The minimum absolute atomic E-state index is 0.0331. The van der Waals surface area contributed by atoms with Crippen LogP contribution in [0.3, 0.4) is 0 Å². The summed E-state index contributed by atoms with van der Waals surface area (Å²) < 4.78 is 0. The van der Waals surface area contributed by atoms with Gasteiger partial charge in [-0.25, -0.2) is 0 Å². The van der Waals surface area contributed by atoms with Crippen LogP contribution in [0.5, 0.6) is 0 Å². The maximum atomic E-state index is 13.1. The van der Waals surface area contributed by atoms with Gasteiger partial charge in [0.1, 0.15) is 0 Å². The zero-order chi connectivity index (χ0) is 18.8. The van der Waals surface area contributed by atoms with Crippen molar-refractivity contribution in [3.05, 3.63) is 57.3 Å². The van der Waals surface area contributed by atoms with Gasteiger partial charge in [-0.1, -0.05) is 29.8 Å². The van der Waals surface area contributed by atoms with Gasteiger partial charge in [-0.2, -0.15) is 0 Å². The molecule has 4 nitrogen and oxygen atoms in total. The number of thiophene rings is 1. The van der Waals surface area contributed by atoms with Gasteiger partial charge in [0.15, 0.2) is 0 Å². The SMILES string of the molecule is Cc1cccc(C2c3ccsc3CCN2C(=O)CCC(=O)N2CCCC2)c1. The van der Waals surface area contributed by atoms with Crippen molar-refractivity contribution in [1.29, 1.82) is 0 Å². The van der Waals surface area contributed by atoms with Gasteiger partial charge < -0.3 is 9.80 Å². The van der Waals surface area contributed by atoms with E-state index in [9.17, 15) is 9.59 Å². The lowest BCUT2D eigenvalue weighted by Crippen LogP contribution is -2.40. The summed E-state index contributed by atoms with van der Waals surface area (Å²) in [4.78, 5) is 30.7. The summed E-state index contributed by atoms with van der Waals surface area (Å²) in [6.45, 7) is 4.51. The summed E-state index contributed by atoms with van der Waals surface area (Å²) >= 11 is 1.78. The van der Waals surface area contributed by atoms with Crippen LogP contribution in [0.4, 0.5) is 0 Å². The number of nitrogens with zero attached hydrogens (tertiary/aromatic N) is 2. The second kappa shape index (κ2) is 7.85. The molecule has 2 aliphatic rings. The summed E-state index contributed by atoms with van der Waals surface area (Å²) in [5, 5.41) is 2.12. The molecule has 5 heteroatoms. The Hall–Kier alpha value is -2.14. The second-order valence-electron chi connectivity index (χ2n) is 7.54. The topological polar surface area (TPSA) is 40.6 Å². The molecular weight excluding hydrogens is 356 g/mol. The number of benzene rings is 1. The number of fused-ring (bicyclic) bond motifs is 1. The fourth-order valence-electron chi connectivity index (χ4n) is 4.27. The molecule has 0 radical (unpaired) electrons. The number of rotatable bonds is 4. The van der Waals surface area contributed by atoms with E-state index >= 15 is 0 Å². The minimum atomic E-state index is -0.0331. The van der Waals surface area contributed by atoms with E-state index in [0.29, 0.717) is 12.8 Å². The molecule has 1 fully saturated rings. The average Bonchev–Trinajstić information content (AvgIpc) is 3.36. The molecule has 1 saturated heterocycles. The highest BCUT2D eigenvalue weighted by atomic mass is 32.1. The molecule has 0 aliphatic carbocycles. The number of carbonyl (C=O) groups is 2. The number of carbonyl (C=O) groups excluding carboxylic acids is 2. The molecule has 142 valence electrons. The van der Waals surface area contributed by atoms with Gasteiger partial charge in [0.25, 0.3) is 0 Å². The van der Waals surface area contributed by atoms with Crippen molar-refractivity contribution in [2.75, 3.05) is 19.6 Å². The summed E-state index contributed by atoms with van der Waals surface area (Å²) in [6, 6.07) is 10.6. The van der Waals surface area contributed by atoms with Crippen molar-refractivity contribution in [1.82, 2.24) is 9.80 Å². The van der Waals surface area contributed by atoms with Crippen LogP contribution >= 0.6 is 11.3 Å². The molecule has 4 rings (SSSR count). The van der Waals surface area contributed by atoms with Crippen LogP contribution in [0.15, 0.2) is 35.7 Å². The molecule has 2 aliphatic heterocycles. The fourth-order valence-corrected chi connectivity index (χ4v) is 5.17. The second-order valence-corrected chi connectivity index (χ2v) is 8.54. The van der Waals surface area contributed by atoms with E-state index in [-0.39, 0.29) is 17.9 Å². The Morgan fingerprint density at radius 3 is 2.63 bits per heavy atom. The standard InChI is InChI=1S/C22H26N2O2S/c1-16-5-4-6-17(15-16)22-18-10-14-27-19(18)9-13-24(22)21(26)8-7-20(25)23-11-2-3-12-23/h4-6,10,14-15,22H,2-3,7-9,11-13H2,1H3. The highest BCUT2D eigenvalue weighted by molar-refractivity contribution is 7.10. The third-order valence-electron chi connectivity index (χ3n) is 5.66. The van der Waals surface area contributed by atoms with Crippen molar-refractivity contribution in [2.24, 2.45) is 0 Å². The Morgan fingerprint density at radius 1 is 1.07 bits per heavy atom. The van der Waals surface area contributed by atoms with Crippen molar-refractivity contribution in [3.8, 4) is 0 Å². The zero-order valence-corrected chi connectivity index (χ0v) is 16.6. The van der Waals surface area contributed by atoms with Gasteiger partial charge in [-0.15, -0.1) is 11.3 Å². The fraction of sp³-hybridized carbons (Fsp3) is 0.455. The Kier molecular flexibility index (Phi) is 5.30. The van der Waals surface area contributed by atoms with E-state index < -0.39 is 0 Å². The van der Waals surface area contributed by atoms with E-state index in [1.165, 1.54) is 16.0 Å². The third-order valence-corrected chi connectivity index (χ3v) is 6.65. The molecule has 2 amide bonds. The molecule has 0 N–H and O–H groups in total. The number of aryl methyl sites for hydroxylation is 1. The summed E-state index contributed by atoms with van der Waals surface area (Å²) in [5.41, 5.74) is 3.61. The molecule has 0 spiro atoms. The number of likely N-dealkylation sites (tertiary alicyclic amines) is 1. The highest BCUT2D eigenvalue weighted by Crippen LogP contribution is 2.38. The maximum Gasteiger partial charge on any atom is 0.223 e. The first-order valence-corrected chi connectivity index (χ1v) is 10.7. The van der Waals surface area contributed by atoms with Crippen LogP contribution < -0.4 is 0 Å². The molecule has 1 atom stereocenters. The third kappa shape index (κ3) is 3.79. The smallest absolute Gasteiger partial charge is 0.223 e. The van der Waals surface area contributed by atoms with Gasteiger partial charge in [0.05, 0.1) is 6.04 Å². The van der Waals surface area contributed by atoms with Crippen LogP contribution in [0.25, 0.3) is 0 Å². The first-order chi connectivity index (χ1) is 13.1. The molecule has 27 heavy (non-hydrogen) atoms. The predicted octanol–water partition coefficient (Wildman–Crippen LogP) is 3.93. The molecule has 0 saturated carbocycles. The number of amides is 2. The number of hydrogen-bond acceptors (Lipinski definition) is 3. The van der Waals surface area contributed by atoms with Crippen LogP contribution in [0.1, 0.15) is 53.3 Å². The molecule has 3 heterocycles. The summed E-state index contributed by atoms with van der Waals surface area (Å²) in [7, 11) is 0. The van der Waals surface area contributed by atoms with E-state index in [1.54, 1.807) is 11.3 Å². The van der Waals surface area contributed by atoms with Crippen LogP contribution in [0.2, 0.25) is 0 Å². The summed E-state index contributed by atoms with van der Waals surface area (Å²) in [5.74, 6) is 0.215. The van der Waals surface area contributed by atoms with Crippen molar-refractivity contribution in [2.45, 2.75) is 45.1 Å². The summed E-state index contributed by atoms with van der Waals surface area (Å²) in [6.07, 6.45) is 3.70. The Balaban J connectivity index is 1.53. The quantitative estimate of drug-likeness (QED) is 0.804. The minimum Gasteiger partial charge on any atom is -0.343 e. The first kappa shape index (κ1) is 18.2. The maximum absolute atomic E-state index is 13.1. The number of hydrogen-bond donors (Lipinski definition) is 0. The van der Waals surface area contributed by atoms with Crippen LogP contribution in [0, 0.1) is 6.92 Å². The normalized spacial score (nSPS) is 19.2. The van der Waals surface area contributed by atoms with Gasteiger partial charge in [0, 0.05) is 37.4 Å². The molecule has 2 aromatic rings. The van der Waals surface area contributed by atoms with Gasteiger partial charge in [-0.05, 0) is 48.8 Å². The Bertz CT molecular complexity index is 838. The molecule has 1 aromatic carbocycles. The van der Waals surface area contributed by atoms with Crippen molar-refractivity contribution >= 4 is 23.2 Å². The molecule has 1 unspecified atom stereocenters. The molecule has 0 bridgehead atoms. The average molecular weight is 383 g/mol. The van der Waals surface area contributed by atoms with Gasteiger partial charge in [0.2, 0.25) is 11.8 Å². The lowest BCUT2D eigenvalue weighted by atomic mass is 9.92. The Morgan fingerprint density at radius 2 is 1.85 bits per heavy atom. The predicted molar refractivity (Wildman–Crippen MR) is 108 cm³/mol. The molecule has 1 aromatic heterocycles. The van der Waals surface area contributed by atoms with Crippen LogP contribution in [-0.4, -0.2) is 41.2 Å². The molecular formula is C22H26N2O2S. The monoisotopic (exact) mass is 382 g/mol. The van der Waals surface area contributed by atoms with E-state index in [0.717, 1.165) is 44.5 Å². The van der Waals surface area contributed by atoms with E-state index in [4.69, 9.17) is 0 Å². The van der Waals surface area contributed by atoms with Gasteiger partial charge in [-0.3, -0.25) is 9.59 Å². The first-order valence-electron chi connectivity index (χ1n) is 9.83. The van der Waals surface area contributed by atoms with E-state index in [2.05, 4.69) is 42.6 Å². The van der Waals surface area contributed by atoms with Gasteiger partial charge >= 0.3 is 0 Å². The van der Waals surface area contributed by atoms with Crippen LogP contribution in [-0.2, 0) is 16.0 Å².